The topological polar surface area (TPSA) is 84.3 Å². The Balaban J connectivity index is 1.34. The highest BCUT2D eigenvalue weighted by Crippen LogP contribution is 2.23. The molecule has 8 heteroatoms. The van der Waals surface area contributed by atoms with Gasteiger partial charge in [-0.05, 0) is 25.7 Å². The van der Waals surface area contributed by atoms with E-state index in [1.807, 2.05) is 0 Å². The molecule has 2 fully saturated rings. The van der Waals surface area contributed by atoms with Gasteiger partial charge in [-0.3, -0.25) is 19.0 Å². The standard InChI is InChI=1S/C19H26N4O3S/c24-16(21-14-4-2-1-3-5-14)13-6-8-22(9-7-13)17(25)15-12-20-19-23(18(15)26)10-11-27-19/h12-14H,1-11H2,(H,21,24). The molecule has 1 saturated heterocycles. The van der Waals surface area contributed by atoms with Crippen LogP contribution in [0.3, 0.4) is 0 Å². The number of hydrogen-bond donors (Lipinski definition) is 1. The number of rotatable bonds is 3. The average molecular weight is 391 g/mol. The average Bonchev–Trinajstić information content (AvgIpc) is 3.18. The van der Waals surface area contributed by atoms with Crippen LogP contribution in [0.5, 0.6) is 0 Å². The zero-order valence-electron chi connectivity index (χ0n) is 15.5. The lowest BCUT2D eigenvalue weighted by Gasteiger charge is -2.32. The minimum Gasteiger partial charge on any atom is -0.353 e. The summed E-state index contributed by atoms with van der Waals surface area (Å²) in [6.45, 7) is 1.63. The molecule has 0 atom stereocenters. The van der Waals surface area contributed by atoms with Crippen molar-refractivity contribution < 1.29 is 9.59 Å². The van der Waals surface area contributed by atoms with Crippen molar-refractivity contribution in [2.45, 2.75) is 62.7 Å². The van der Waals surface area contributed by atoms with Gasteiger partial charge in [-0.25, -0.2) is 4.98 Å². The molecule has 2 amide bonds. The molecule has 0 spiro atoms. The molecule has 3 heterocycles. The van der Waals surface area contributed by atoms with Crippen molar-refractivity contribution in [2.75, 3.05) is 18.8 Å². The zero-order chi connectivity index (χ0) is 18.8. The largest absolute Gasteiger partial charge is 0.353 e. The Hall–Kier alpha value is -1.83. The van der Waals surface area contributed by atoms with Gasteiger partial charge in [0.15, 0.2) is 5.16 Å². The summed E-state index contributed by atoms with van der Waals surface area (Å²) in [4.78, 5) is 43.8. The zero-order valence-corrected chi connectivity index (χ0v) is 16.3. The lowest BCUT2D eigenvalue weighted by atomic mass is 9.92. The molecule has 1 aromatic rings. The van der Waals surface area contributed by atoms with E-state index in [4.69, 9.17) is 0 Å². The molecule has 0 bridgehead atoms. The van der Waals surface area contributed by atoms with Gasteiger partial charge < -0.3 is 10.2 Å². The number of nitrogens with zero attached hydrogens (tertiary/aromatic N) is 3. The molecule has 1 saturated carbocycles. The smallest absolute Gasteiger partial charge is 0.267 e. The van der Waals surface area contributed by atoms with Crippen LogP contribution in [-0.2, 0) is 11.3 Å². The van der Waals surface area contributed by atoms with Crippen molar-refractivity contribution in [3.8, 4) is 0 Å². The quantitative estimate of drug-likeness (QED) is 0.794. The van der Waals surface area contributed by atoms with Crippen molar-refractivity contribution in [2.24, 2.45) is 5.92 Å². The third-order valence-corrected chi connectivity index (χ3v) is 6.86. The number of aromatic nitrogens is 2. The normalized spacial score (nSPS) is 21.1. The summed E-state index contributed by atoms with van der Waals surface area (Å²) < 4.78 is 1.59. The number of fused-ring (bicyclic) bond motifs is 1. The van der Waals surface area contributed by atoms with Crippen LogP contribution in [0, 0.1) is 5.92 Å². The van der Waals surface area contributed by atoms with Crippen molar-refractivity contribution in [3.05, 3.63) is 22.1 Å². The molecule has 146 valence electrons. The molecule has 3 aliphatic rings. The lowest BCUT2D eigenvalue weighted by molar-refractivity contribution is -0.127. The minimum atomic E-state index is -0.258. The summed E-state index contributed by atoms with van der Waals surface area (Å²) in [5, 5.41) is 3.88. The first-order valence-corrected chi connectivity index (χ1v) is 10.9. The Kier molecular flexibility index (Phi) is 5.52. The van der Waals surface area contributed by atoms with Gasteiger partial charge in [0, 0.05) is 43.5 Å². The van der Waals surface area contributed by atoms with Gasteiger partial charge in [0.1, 0.15) is 5.56 Å². The summed E-state index contributed by atoms with van der Waals surface area (Å²) in [6.07, 6.45) is 8.54. The van der Waals surface area contributed by atoms with E-state index >= 15 is 0 Å². The Labute approximate surface area is 162 Å². The van der Waals surface area contributed by atoms with Gasteiger partial charge in [-0.2, -0.15) is 0 Å². The number of amides is 2. The third-order valence-electron chi connectivity index (χ3n) is 5.89. The highest BCUT2D eigenvalue weighted by Gasteiger charge is 2.31. The van der Waals surface area contributed by atoms with Crippen molar-refractivity contribution in [1.82, 2.24) is 19.8 Å². The second-order valence-electron chi connectivity index (χ2n) is 7.67. The van der Waals surface area contributed by atoms with Crippen LogP contribution < -0.4 is 10.9 Å². The van der Waals surface area contributed by atoms with Crippen LogP contribution >= 0.6 is 11.8 Å². The van der Waals surface area contributed by atoms with E-state index in [1.54, 1.807) is 9.47 Å². The highest BCUT2D eigenvalue weighted by atomic mass is 32.2. The first kappa shape index (κ1) is 18.5. The summed E-state index contributed by atoms with van der Waals surface area (Å²) in [5.41, 5.74) is -0.0986. The Morgan fingerprint density at radius 3 is 2.56 bits per heavy atom. The van der Waals surface area contributed by atoms with E-state index in [2.05, 4.69) is 10.3 Å². The second-order valence-corrected chi connectivity index (χ2v) is 8.73. The van der Waals surface area contributed by atoms with E-state index in [0.29, 0.717) is 43.7 Å². The van der Waals surface area contributed by atoms with Crippen LogP contribution in [0.2, 0.25) is 0 Å². The van der Waals surface area contributed by atoms with Crippen molar-refractivity contribution in [3.63, 3.8) is 0 Å². The number of carbonyl (C=O) groups excluding carboxylic acids is 2. The van der Waals surface area contributed by atoms with E-state index < -0.39 is 0 Å². The molecule has 1 aromatic heterocycles. The number of piperidine rings is 1. The first-order valence-electron chi connectivity index (χ1n) is 9.96. The molecule has 2 aliphatic heterocycles. The lowest BCUT2D eigenvalue weighted by Crippen LogP contribution is -2.46. The fraction of sp³-hybridized carbons (Fsp3) is 0.684. The predicted octanol–water partition coefficient (Wildman–Crippen LogP) is 1.65. The van der Waals surface area contributed by atoms with Crippen LogP contribution in [0.1, 0.15) is 55.3 Å². The highest BCUT2D eigenvalue weighted by molar-refractivity contribution is 7.99. The number of nitrogens with one attached hydrogen (secondary N) is 1. The fourth-order valence-electron chi connectivity index (χ4n) is 4.25. The SMILES string of the molecule is O=C(NC1CCCCC1)C1CCN(C(=O)c2cnc3n(c2=O)CCS3)CC1. The van der Waals surface area contributed by atoms with E-state index in [0.717, 1.165) is 18.6 Å². The molecule has 0 radical (unpaired) electrons. The van der Waals surface area contributed by atoms with Crippen molar-refractivity contribution >= 4 is 23.6 Å². The Morgan fingerprint density at radius 1 is 1.07 bits per heavy atom. The van der Waals surface area contributed by atoms with Crippen molar-refractivity contribution in [1.29, 1.82) is 0 Å². The molecule has 7 nitrogen and oxygen atoms in total. The molecule has 0 aromatic carbocycles. The van der Waals surface area contributed by atoms with E-state index in [9.17, 15) is 14.4 Å². The molecule has 27 heavy (non-hydrogen) atoms. The second kappa shape index (κ2) is 8.04. The summed E-state index contributed by atoms with van der Waals surface area (Å²) in [6, 6.07) is 0.321. The Bertz CT molecular complexity index is 780. The molecule has 0 unspecified atom stereocenters. The van der Waals surface area contributed by atoms with Crippen LogP contribution in [0.15, 0.2) is 16.1 Å². The minimum absolute atomic E-state index is 0.0355. The number of likely N-dealkylation sites (tertiary alicyclic amines) is 1. The number of carbonyl (C=O) groups is 2. The van der Waals surface area contributed by atoms with Crippen LogP contribution in [0.25, 0.3) is 0 Å². The summed E-state index contributed by atoms with van der Waals surface area (Å²) in [5.74, 6) is 0.657. The fourth-order valence-corrected chi connectivity index (χ4v) is 5.16. The summed E-state index contributed by atoms with van der Waals surface area (Å²) >= 11 is 1.54. The summed E-state index contributed by atoms with van der Waals surface area (Å²) in [7, 11) is 0. The van der Waals surface area contributed by atoms with E-state index in [-0.39, 0.29) is 28.9 Å². The number of thioether (sulfide) groups is 1. The molecular weight excluding hydrogens is 364 g/mol. The van der Waals surface area contributed by atoms with Crippen LogP contribution in [0.4, 0.5) is 0 Å². The predicted molar refractivity (Wildman–Crippen MR) is 103 cm³/mol. The van der Waals surface area contributed by atoms with Gasteiger partial charge in [0.05, 0.1) is 0 Å². The van der Waals surface area contributed by atoms with Gasteiger partial charge in [-0.1, -0.05) is 31.0 Å². The monoisotopic (exact) mass is 390 g/mol. The van der Waals surface area contributed by atoms with Gasteiger partial charge in [0.2, 0.25) is 5.91 Å². The molecular formula is C19H26N4O3S. The molecule has 1 aliphatic carbocycles. The van der Waals surface area contributed by atoms with Crippen LogP contribution in [-0.4, -0.2) is 51.1 Å². The van der Waals surface area contributed by atoms with Gasteiger partial charge in [0.25, 0.3) is 11.5 Å². The maximum atomic E-state index is 12.8. The Morgan fingerprint density at radius 2 is 1.81 bits per heavy atom. The van der Waals surface area contributed by atoms with Gasteiger partial charge in [-0.15, -0.1) is 0 Å². The third kappa shape index (κ3) is 3.90. The maximum absolute atomic E-state index is 12.8. The maximum Gasteiger partial charge on any atom is 0.267 e. The van der Waals surface area contributed by atoms with Gasteiger partial charge >= 0.3 is 0 Å². The van der Waals surface area contributed by atoms with E-state index in [1.165, 1.54) is 37.2 Å². The first-order chi connectivity index (χ1) is 13.1. The molecule has 1 N–H and O–H groups in total. The number of hydrogen-bond acceptors (Lipinski definition) is 5. The molecule has 4 rings (SSSR count).